The van der Waals surface area contributed by atoms with E-state index in [1.165, 1.54) is 24.6 Å². The van der Waals surface area contributed by atoms with Gasteiger partial charge in [-0.2, -0.15) is 0 Å². The van der Waals surface area contributed by atoms with Crippen LogP contribution in [0.4, 0.5) is 5.69 Å². The minimum Gasteiger partial charge on any atom is -0.322 e. The van der Waals surface area contributed by atoms with Crippen molar-refractivity contribution in [2.45, 2.75) is 37.4 Å². The van der Waals surface area contributed by atoms with E-state index in [4.69, 9.17) is 0 Å². The SMILES string of the molecule is CCn1c(SCC(=O)c2ccc(NC(=O)c3ccccc3)cc2)nnc1C1CC1. The molecule has 1 amide bonds. The first-order valence-electron chi connectivity index (χ1n) is 9.71. The lowest BCUT2D eigenvalue weighted by Crippen LogP contribution is -2.12. The van der Waals surface area contributed by atoms with E-state index in [1.54, 1.807) is 36.4 Å². The third-order valence-electron chi connectivity index (χ3n) is 4.84. The van der Waals surface area contributed by atoms with Crippen LogP contribution in [-0.2, 0) is 6.54 Å². The lowest BCUT2D eigenvalue weighted by Gasteiger charge is -2.07. The van der Waals surface area contributed by atoms with Gasteiger partial charge in [-0.25, -0.2) is 0 Å². The summed E-state index contributed by atoms with van der Waals surface area (Å²) in [7, 11) is 0. The summed E-state index contributed by atoms with van der Waals surface area (Å²) in [5, 5.41) is 12.2. The number of ketones is 1. The fraction of sp³-hybridized carbons (Fsp3) is 0.273. The highest BCUT2D eigenvalue weighted by molar-refractivity contribution is 7.99. The third-order valence-corrected chi connectivity index (χ3v) is 5.80. The Morgan fingerprint density at radius 1 is 1.03 bits per heavy atom. The van der Waals surface area contributed by atoms with E-state index in [0.717, 1.165) is 17.5 Å². The van der Waals surface area contributed by atoms with E-state index in [-0.39, 0.29) is 11.7 Å². The van der Waals surface area contributed by atoms with Crippen molar-refractivity contribution in [3.63, 3.8) is 0 Å². The summed E-state index contributed by atoms with van der Waals surface area (Å²) < 4.78 is 2.11. The summed E-state index contributed by atoms with van der Waals surface area (Å²) in [4.78, 5) is 24.8. The zero-order chi connectivity index (χ0) is 20.2. The number of rotatable bonds is 8. The molecule has 1 aromatic heterocycles. The molecule has 0 atom stereocenters. The van der Waals surface area contributed by atoms with Crippen LogP contribution in [0.1, 0.15) is 52.2 Å². The molecule has 1 aliphatic carbocycles. The molecule has 148 valence electrons. The van der Waals surface area contributed by atoms with Gasteiger partial charge in [0.25, 0.3) is 5.91 Å². The molecule has 0 bridgehead atoms. The molecular formula is C22H22N4O2S. The van der Waals surface area contributed by atoms with Gasteiger partial charge >= 0.3 is 0 Å². The van der Waals surface area contributed by atoms with Crippen LogP contribution in [-0.4, -0.2) is 32.2 Å². The van der Waals surface area contributed by atoms with E-state index < -0.39 is 0 Å². The Morgan fingerprint density at radius 2 is 1.76 bits per heavy atom. The Labute approximate surface area is 173 Å². The number of benzene rings is 2. The third kappa shape index (κ3) is 4.56. The molecule has 0 saturated heterocycles. The molecule has 0 spiro atoms. The van der Waals surface area contributed by atoms with Crippen LogP contribution in [0.5, 0.6) is 0 Å². The molecule has 6 nitrogen and oxygen atoms in total. The molecule has 1 aliphatic rings. The number of nitrogens with one attached hydrogen (secondary N) is 1. The Hall–Kier alpha value is -2.93. The van der Waals surface area contributed by atoms with Gasteiger partial charge in [0, 0.05) is 29.3 Å². The Morgan fingerprint density at radius 3 is 2.41 bits per heavy atom. The average molecular weight is 407 g/mol. The number of amides is 1. The first-order valence-corrected chi connectivity index (χ1v) is 10.7. The van der Waals surface area contributed by atoms with Crippen LogP contribution in [0, 0.1) is 0 Å². The fourth-order valence-electron chi connectivity index (χ4n) is 3.09. The topological polar surface area (TPSA) is 76.9 Å². The lowest BCUT2D eigenvalue weighted by molar-refractivity contribution is 0.101. The van der Waals surface area contributed by atoms with Crippen LogP contribution < -0.4 is 5.32 Å². The van der Waals surface area contributed by atoms with E-state index in [0.29, 0.717) is 28.5 Å². The van der Waals surface area contributed by atoms with Crippen molar-refractivity contribution in [2.75, 3.05) is 11.1 Å². The molecule has 29 heavy (non-hydrogen) atoms. The molecule has 1 saturated carbocycles. The highest BCUT2D eigenvalue weighted by Crippen LogP contribution is 2.40. The highest BCUT2D eigenvalue weighted by atomic mass is 32.2. The molecular weight excluding hydrogens is 384 g/mol. The first-order chi connectivity index (χ1) is 14.2. The molecule has 0 unspecified atom stereocenters. The zero-order valence-electron chi connectivity index (χ0n) is 16.2. The summed E-state index contributed by atoms with van der Waals surface area (Å²) in [6.45, 7) is 2.88. The maximum atomic E-state index is 12.6. The number of anilines is 1. The standard InChI is InChI=1S/C22H22N4O2S/c1-2-26-20(16-8-9-16)24-25-22(26)29-14-19(27)15-10-12-18(13-11-15)23-21(28)17-6-4-3-5-7-17/h3-7,10-13,16H,2,8-9,14H2,1H3,(H,23,28). The average Bonchev–Trinajstić information content (AvgIpc) is 3.52. The largest absolute Gasteiger partial charge is 0.322 e. The Balaban J connectivity index is 1.35. The molecule has 3 aromatic rings. The van der Waals surface area contributed by atoms with Gasteiger partial charge in [0.1, 0.15) is 5.82 Å². The molecule has 0 radical (unpaired) electrons. The number of carbonyl (C=O) groups excluding carboxylic acids is 2. The monoisotopic (exact) mass is 406 g/mol. The normalized spacial score (nSPS) is 13.3. The number of hydrogen-bond donors (Lipinski definition) is 1. The summed E-state index contributed by atoms with van der Waals surface area (Å²) in [6.07, 6.45) is 2.35. The predicted molar refractivity (Wildman–Crippen MR) is 114 cm³/mol. The van der Waals surface area contributed by atoms with E-state index in [2.05, 4.69) is 27.0 Å². The molecule has 2 aromatic carbocycles. The van der Waals surface area contributed by atoms with E-state index >= 15 is 0 Å². The van der Waals surface area contributed by atoms with Gasteiger partial charge in [0.2, 0.25) is 0 Å². The highest BCUT2D eigenvalue weighted by Gasteiger charge is 2.30. The Kier molecular flexibility index (Phi) is 5.76. The zero-order valence-corrected chi connectivity index (χ0v) is 17.0. The van der Waals surface area contributed by atoms with Crippen molar-refractivity contribution in [3.05, 3.63) is 71.5 Å². The number of aromatic nitrogens is 3. The first kappa shape index (κ1) is 19.4. The molecule has 4 rings (SSSR count). The molecule has 1 N–H and O–H groups in total. The van der Waals surface area contributed by atoms with Gasteiger partial charge < -0.3 is 9.88 Å². The van der Waals surface area contributed by atoms with Crippen molar-refractivity contribution in [1.29, 1.82) is 0 Å². The number of thioether (sulfide) groups is 1. The Bertz CT molecular complexity index is 1010. The van der Waals surface area contributed by atoms with Crippen LogP contribution in [0.15, 0.2) is 59.8 Å². The van der Waals surface area contributed by atoms with E-state index in [9.17, 15) is 9.59 Å². The van der Waals surface area contributed by atoms with E-state index in [1.807, 2.05) is 18.2 Å². The van der Waals surface area contributed by atoms with Crippen molar-refractivity contribution in [2.24, 2.45) is 0 Å². The van der Waals surface area contributed by atoms with Crippen molar-refractivity contribution >= 4 is 29.1 Å². The summed E-state index contributed by atoms with van der Waals surface area (Å²) in [5.41, 5.74) is 1.86. The summed E-state index contributed by atoms with van der Waals surface area (Å²) in [5.74, 6) is 1.73. The smallest absolute Gasteiger partial charge is 0.255 e. The van der Waals surface area contributed by atoms with Gasteiger partial charge in [0.15, 0.2) is 10.9 Å². The number of carbonyl (C=O) groups is 2. The molecule has 0 aliphatic heterocycles. The molecule has 1 heterocycles. The van der Waals surface area contributed by atoms with Gasteiger partial charge in [-0.3, -0.25) is 9.59 Å². The van der Waals surface area contributed by atoms with Gasteiger partial charge in [0.05, 0.1) is 5.75 Å². The van der Waals surface area contributed by atoms with Gasteiger partial charge in [-0.05, 0) is 56.2 Å². The van der Waals surface area contributed by atoms with Crippen molar-refractivity contribution in [1.82, 2.24) is 14.8 Å². The van der Waals surface area contributed by atoms with Crippen LogP contribution in [0.25, 0.3) is 0 Å². The van der Waals surface area contributed by atoms with Gasteiger partial charge in [-0.15, -0.1) is 10.2 Å². The quantitative estimate of drug-likeness (QED) is 0.443. The second kappa shape index (κ2) is 8.61. The van der Waals surface area contributed by atoms with Gasteiger partial charge in [-0.1, -0.05) is 30.0 Å². The lowest BCUT2D eigenvalue weighted by atomic mass is 10.1. The number of nitrogens with zero attached hydrogens (tertiary/aromatic N) is 3. The summed E-state index contributed by atoms with van der Waals surface area (Å²) >= 11 is 1.42. The second-order valence-corrected chi connectivity index (χ2v) is 7.91. The summed E-state index contributed by atoms with van der Waals surface area (Å²) in [6, 6.07) is 16.0. The minimum absolute atomic E-state index is 0.0227. The minimum atomic E-state index is -0.175. The maximum Gasteiger partial charge on any atom is 0.255 e. The number of Topliss-reactive ketones (excluding diaryl/α,β-unsaturated/α-hetero) is 1. The predicted octanol–water partition coefficient (Wildman–Crippen LogP) is 4.40. The second-order valence-electron chi connectivity index (χ2n) is 6.97. The van der Waals surface area contributed by atoms with Crippen LogP contribution >= 0.6 is 11.8 Å². The van der Waals surface area contributed by atoms with Crippen molar-refractivity contribution in [3.8, 4) is 0 Å². The van der Waals surface area contributed by atoms with Crippen molar-refractivity contribution < 1.29 is 9.59 Å². The van der Waals surface area contributed by atoms with Crippen LogP contribution in [0.3, 0.4) is 0 Å². The molecule has 1 fully saturated rings. The fourth-order valence-corrected chi connectivity index (χ4v) is 4.00. The maximum absolute atomic E-state index is 12.6. The van der Waals surface area contributed by atoms with Crippen LogP contribution in [0.2, 0.25) is 0 Å². The molecule has 7 heteroatoms. The number of hydrogen-bond acceptors (Lipinski definition) is 5.